The Morgan fingerprint density at radius 1 is 1.09 bits per heavy atom. The molecule has 0 fully saturated rings. The van der Waals surface area contributed by atoms with Gasteiger partial charge in [-0.2, -0.15) is 0 Å². The highest BCUT2D eigenvalue weighted by Crippen LogP contribution is 2.17. The predicted octanol–water partition coefficient (Wildman–Crippen LogP) is 3.42. The lowest BCUT2D eigenvalue weighted by atomic mass is 10.1. The number of sulfonamides is 1. The van der Waals surface area contributed by atoms with Gasteiger partial charge in [-0.05, 0) is 49.6 Å². The van der Waals surface area contributed by atoms with E-state index in [0.717, 1.165) is 23.3 Å². The van der Waals surface area contributed by atoms with Crippen LogP contribution in [0.2, 0.25) is 0 Å². The van der Waals surface area contributed by atoms with Crippen molar-refractivity contribution in [1.82, 2.24) is 4.72 Å². The maximum atomic E-state index is 12.2. The average molecular weight is 351 g/mol. The topological polar surface area (TPSA) is 63.2 Å². The Bertz CT molecular complexity index is 761. The highest BCUT2D eigenvalue weighted by atomic mass is 32.2. The fraction of sp³-hybridized carbons (Fsp3) is 0.353. The van der Waals surface area contributed by atoms with Crippen LogP contribution < -0.4 is 4.72 Å². The fourth-order valence-corrected chi connectivity index (χ4v) is 4.15. The largest absolute Gasteiger partial charge is 0.294 e. The second kappa shape index (κ2) is 7.86. The first-order chi connectivity index (χ1) is 10.9. The number of thiophene rings is 1. The van der Waals surface area contributed by atoms with Crippen LogP contribution in [0.3, 0.4) is 0 Å². The van der Waals surface area contributed by atoms with Crippen LogP contribution in [-0.2, 0) is 22.9 Å². The summed E-state index contributed by atoms with van der Waals surface area (Å²) in [6.07, 6.45) is 2.56. The van der Waals surface area contributed by atoms with Gasteiger partial charge in [-0.1, -0.05) is 25.5 Å². The van der Waals surface area contributed by atoms with Crippen LogP contribution in [0.25, 0.3) is 0 Å². The van der Waals surface area contributed by atoms with E-state index in [2.05, 4.69) is 11.6 Å². The van der Waals surface area contributed by atoms with Crippen LogP contribution in [0.1, 0.15) is 40.4 Å². The van der Waals surface area contributed by atoms with Crippen LogP contribution in [-0.4, -0.2) is 20.7 Å². The molecule has 1 heterocycles. The van der Waals surface area contributed by atoms with Crippen LogP contribution in [0.5, 0.6) is 0 Å². The lowest BCUT2D eigenvalue weighted by molar-refractivity contribution is 0.102. The molecule has 23 heavy (non-hydrogen) atoms. The zero-order valence-electron chi connectivity index (χ0n) is 13.3. The Kier molecular flexibility index (Phi) is 6.10. The third-order valence-electron chi connectivity index (χ3n) is 3.44. The maximum Gasteiger partial charge on any atom is 0.240 e. The van der Waals surface area contributed by atoms with Gasteiger partial charge in [0.1, 0.15) is 0 Å². The van der Waals surface area contributed by atoms with Gasteiger partial charge >= 0.3 is 0 Å². The first-order valence-corrected chi connectivity index (χ1v) is 9.90. The smallest absolute Gasteiger partial charge is 0.240 e. The summed E-state index contributed by atoms with van der Waals surface area (Å²) in [7, 11) is -3.48. The molecule has 0 radical (unpaired) electrons. The standard InChI is InChI=1S/C17H21NO3S2/c1-3-4-14-5-8-16(9-6-14)23(20,21)18-12-11-15-7-10-17(22-15)13(2)19/h5-10,18H,3-4,11-12H2,1-2H3. The van der Waals surface area contributed by atoms with Gasteiger partial charge in [0.25, 0.3) is 0 Å². The summed E-state index contributed by atoms with van der Waals surface area (Å²) in [6.45, 7) is 3.94. The van der Waals surface area contributed by atoms with E-state index in [4.69, 9.17) is 0 Å². The van der Waals surface area contributed by atoms with E-state index in [1.807, 2.05) is 18.2 Å². The second-order valence-corrected chi connectivity index (χ2v) is 8.30. The van der Waals surface area contributed by atoms with Crippen molar-refractivity contribution in [2.45, 2.75) is 38.0 Å². The molecule has 1 aromatic carbocycles. The predicted molar refractivity (Wildman–Crippen MR) is 93.7 cm³/mol. The molecule has 0 bridgehead atoms. The van der Waals surface area contributed by atoms with Gasteiger partial charge in [0.2, 0.25) is 10.0 Å². The van der Waals surface area contributed by atoms with Gasteiger partial charge in [-0.15, -0.1) is 11.3 Å². The average Bonchev–Trinajstić information content (AvgIpc) is 2.97. The molecule has 2 aromatic rings. The minimum atomic E-state index is -3.48. The number of nitrogens with one attached hydrogen (secondary N) is 1. The molecule has 0 saturated heterocycles. The number of benzene rings is 1. The normalized spacial score (nSPS) is 11.6. The van der Waals surface area contributed by atoms with Crippen molar-refractivity contribution < 1.29 is 13.2 Å². The Balaban J connectivity index is 1.94. The van der Waals surface area contributed by atoms with Crippen LogP contribution in [0.4, 0.5) is 0 Å². The lowest BCUT2D eigenvalue weighted by Gasteiger charge is -2.07. The summed E-state index contributed by atoms with van der Waals surface area (Å²) >= 11 is 1.41. The molecule has 0 saturated carbocycles. The minimum absolute atomic E-state index is 0.0361. The number of carbonyl (C=O) groups is 1. The summed E-state index contributed by atoms with van der Waals surface area (Å²) in [5, 5.41) is 0. The minimum Gasteiger partial charge on any atom is -0.294 e. The van der Waals surface area contributed by atoms with Crippen molar-refractivity contribution in [1.29, 1.82) is 0 Å². The quantitative estimate of drug-likeness (QED) is 0.741. The van der Waals surface area contributed by atoms with Crippen LogP contribution in [0.15, 0.2) is 41.3 Å². The molecule has 6 heteroatoms. The van der Waals surface area contributed by atoms with E-state index in [0.29, 0.717) is 17.8 Å². The fourth-order valence-electron chi connectivity index (χ4n) is 2.22. The van der Waals surface area contributed by atoms with Gasteiger partial charge in [0.05, 0.1) is 9.77 Å². The van der Waals surface area contributed by atoms with E-state index in [1.54, 1.807) is 18.2 Å². The number of hydrogen-bond acceptors (Lipinski definition) is 4. The molecule has 0 amide bonds. The van der Waals surface area contributed by atoms with Crippen molar-refractivity contribution >= 4 is 27.1 Å². The second-order valence-electron chi connectivity index (χ2n) is 5.36. The van der Waals surface area contributed by atoms with Crippen molar-refractivity contribution in [2.75, 3.05) is 6.54 Å². The van der Waals surface area contributed by atoms with E-state index >= 15 is 0 Å². The third kappa shape index (κ3) is 4.99. The Hall–Kier alpha value is -1.50. The molecule has 0 unspecified atom stereocenters. The highest BCUT2D eigenvalue weighted by molar-refractivity contribution is 7.89. The van der Waals surface area contributed by atoms with E-state index in [-0.39, 0.29) is 10.7 Å². The van der Waals surface area contributed by atoms with Crippen molar-refractivity contribution in [3.8, 4) is 0 Å². The summed E-state index contributed by atoms with van der Waals surface area (Å²) < 4.78 is 27.1. The zero-order chi connectivity index (χ0) is 16.9. The molecule has 4 nitrogen and oxygen atoms in total. The van der Waals surface area contributed by atoms with Crippen molar-refractivity contribution in [2.24, 2.45) is 0 Å². The zero-order valence-corrected chi connectivity index (χ0v) is 15.0. The molecule has 0 atom stereocenters. The van der Waals surface area contributed by atoms with Crippen LogP contribution >= 0.6 is 11.3 Å². The first kappa shape index (κ1) is 17.8. The summed E-state index contributed by atoms with van der Waals surface area (Å²) in [5.74, 6) is 0.0361. The van der Waals surface area contributed by atoms with Gasteiger partial charge in [0.15, 0.2) is 5.78 Å². The third-order valence-corrected chi connectivity index (χ3v) is 6.17. The van der Waals surface area contributed by atoms with E-state index in [9.17, 15) is 13.2 Å². The number of aryl methyl sites for hydroxylation is 1. The summed E-state index contributed by atoms with van der Waals surface area (Å²) in [4.78, 5) is 13.2. The number of carbonyl (C=O) groups excluding carboxylic acids is 1. The molecule has 0 aliphatic heterocycles. The molecular formula is C17H21NO3S2. The van der Waals surface area contributed by atoms with Crippen molar-refractivity contribution in [3.05, 3.63) is 51.7 Å². The molecule has 0 aliphatic rings. The molecule has 124 valence electrons. The Labute approximate surface area is 141 Å². The molecule has 1 N–H and O–H groups in total. The number of Topliss-reactive ketones (excluding diaryl/α,β-unsaturated/α-hetero) is 1. The van der Waals surface area contributed by atoms with Gasteiger partial charge in [-0.25, -0.2) is 13.1 Å². The molecule has 0 spiro atoms. The van der Waals surface area contributed by atoms with Gasteiger partial charge in [0, 0.05) is 11.4 Å². The Morgan fingerprint density at radius 2 is 1.78 bits per heavy atom. The summed E-state index contributed by atoms with van der Waals surface area (Å²) in [5.41, 5.74) is 1.14. The van der Waals surface area contributed by atoms with Crippen molar-refractivity contribution in [3.63, 3.8) is 0 Å². The molecule has 0 aliphatic carbocycles. The molecule has 1 aromatic heterocycles. The van der Waals surface area contributed by atoms with E-state index < -0.39 is 10.0 Å². The number of ketones is 1. The first-order valence-electron chi connectivity index (χ1n) is 7.60. The Morgan fingerprint density at radius 3 is 2.35 bits per heavy atom. The maximum absolute atomic E-state index is 12.2. The van der Waals surface area contributed by atoms with E-state index in [1.165, 1.54) is 18.3 Å². The van der Waals surface area contributed by atoms with Gasteiger partial charge < -0.3 is 0 Å². The SMILES string of the molecule is CCCc1ccc(S(=O)(=O)NCCc2ccc(C(C)=O)s2)cc1. The summed E-state index contributed by atoms with van der Waals surface area (Å²) in [6, 6.07) is 10.7. The highest BCUT2D eigenvalue weighted by Gasteiger charge is 2.13. The molecule has 2 rings (SSSR count). The number of hydrogen-bond donors (Lipinski definition) is 1. The number of rotatable bonds is 8. The van der Waals surface area contributed by atoms with Gasteiger partial charge in [-0.3, -0.25) is 4.79 Å². The van der Waals surface area contributed by atoms with Crippen LogP contribution in [0, 0.1) is 0 Å². The molecular weight excluding hydrogens is 330 g/mol. The monoisotopic (exact) mass is 351 g/mol. The lowest BCUT2D eigenvalue weighted by Crippen LogP contribution is -2.25.